The number of aromatic nitrogens is 2. The molecule has 4 rings (SSSR count). The maximum Gasteiger partial charge on any atom is 0.226 e. The van der Waals surface area contributed by atoms with Crippen molar-refractivity contribution in [3.8, 4) is 17.2 Å². The molecule has 0 fully saturated rings. The molecule has 1 aromatic heterocycles. The van der Waals surface area contributed by atoms with E-state index in [9.17, 15) is 4.79 Å². The van der Waals surface area contributed by atoms with Crippen LogP contribution in [0.3, 0.4) is 0 Å². The normalized spacial score (nSPS) is 15.4. The summed E-state index contributed by atoms with van der Waals surface area (Å²) in [5.41, 5.74) is 3.14. The Labute approximate surface area is 164 Å². The fourth-order valence-corrected chi connectivity index (χ4v) is 3.33. The van der Waals surface area contributed by atoms with E-state index < -0.39 is 0 Å². The minimum absolute atomic E-state index is 0.0249. The maximum atomic E-state index is 12.5. The molecule has 0 unspecified atom stereocenters. The van der Waals surface area contributed by atoms with Crippen LogP contribution in [0.2, 0.25) is 0 Å². The van der Waals surface area contributed by atoms with Gasteiger partial charge in [0.1, 0.15) is 18.1 Å². The Morgan fingerprint density at radius 2 is 2.14 bits per heavy atom. The van der Waals surface area contributed by atoms with Gasteiger partial charge < -0.3 is 14.8 Å². The first-order chi connectivity index (χ1) is 13.7. The number of carbonyl (C=O) groups excluding carboxylic acids is 1. The van der Waals surface area contributed by atoms with Crippen LogP contribution in [0.25, 0.3) is 5.69 Å². The summed E-state index contributed by atoms with van der Waals surface area (Å²) in [6, 6.07) is 15.7. The van der Waals surface area contributed by atoms with E-state index in [1.54, 1.807) is 7.11 Å². The van der Waals surface area contributed by atoms with E-state index in [1.807, 2.05) is 65.6 Å². The summed E-state index contributed by atoms with van der Waals surface area (Å²) in [5, 5.41) is 7.41. The lowest BCUT2D eigenvalue weighted by molar-refractivity contribution is -0.126. The van der Waals surface area contributed by atoms with Gasteiger partial charge in [0.25, 0.3) is 0 Å². The van der Waals surface area contributed by atoms with E-state index in [4.69, 9.17) is 9.47 Å². The van der Waals surface area contributed by atoms with Crippen LogP contribution in [0.15, 0.2) is 60.9 Å². The largest absolute Gasteiger partial charge is 0.497 e. The summed E-state index contributed by atoms with van der Waals surface area (Å²) >= 11 is 0. The van der Waals surface area contributed by atoms with Gasteiger partial charge in [0.05, 0.1) is 24.9 Å². The second-order valence-electron chi connectivity index (χ2n) is 6.86. The molecule has 1 atom stereocenters. The zero-order valence-electron chi connectivity index (χ0n) is 15.8. The van der Waals surface area contributed by atoms with Gasteiger partial charge in [-0.2, -0.15) is 5.10 Å². The molecule has 6 heteroatoms. The van der Waals surface area contributed by atoms with E-state index in [0.29, 0.717) is 19.6 Å². The number of amides is 1. The Bertz CT molecular complexity index is 953. The van der Waals surface area contributed by atoms with Crippen LogP contribution in [0.4, 0.5) is 0 Å². The lowest BCUT2D eigenvalue weighted by Gasteiger charge is -2.25. The minimum Gasteiger partial charge on any atom is -0.497 e. The number of hydrogen-bond acceptors (Lipinski definition) is 4. The fourth-order valence-electron chi connectivity index (χ4n) is 3.33. The summed E-state index contributed by atoms with van der Waals surface area (Å²) in [6.45, 7) is 0.962. The van der Waals surface area contributed by atoms with Gasteiger partial charge in [-0.15, -0.1) is 0 Å². The monoisotopic (exact) mass is 377 g/mol. The summed E-state index contributed by atoms with van der Waals surface area (Å²) in [4.78, 5) is 12.5. The van der Waals surface area contributed by atoms with Crippen LogP contribution in [0, 0.1) is 5.92 Å². The lowest BCUT2D eigenvalue weighted by Crippen LogP contribution is -2.38. The Hall–Kier alpha value is -3.28. The van der Waals surface area contributed by atoms with Crippen molar-refractivity contribution in [2.75, 3.05) is 20.3 Å². The van der Waals surface area contributed by atoms with E-state index in [-0.39, 0.29) is 11.8 Å². The fraction of sp³-hybridized carbons (Fsp3) is 0.273. The van der Waals surface area contributed by atoms with Gasteiger partial charge in [0.15, 0.2) is 0 Å². The van der Waals surface area contributed by atoms with Crippen molar-refractivity contribution >= 4 is 5.91 Å². The average Bonchev–Trinajstić information content (AvgIpc) is 3.22. The molecule has 1 N–H and O–H groups in total. The summed E-state index contributed by atoms with van der Waals surface area (Å²) < 4.78 is 12.8. The van der Waals surface area contributed by atoms with Gasteiger partial charge in [-0.1, -0.05) is 24.3 Å². The number of para-hydroxylation sites is 1. The molecule has 0 bridgehead atoms. The first-order valence-electron chi connectivity index (χ1n) is 9.39. The summed E-state index contributed by atoms with van der Waals surface area (Å²) in [5.74, 6) is 1.42. The van der Waals surface area contributed by atoms with Crippen LogP contribution >= 0.6 is 0 Å². The van der Waals surface area contributed by atoms with Gasteiger partial charge in [-0.25, -0.2) is 4.68 Å². The van der Waals surface area contributed by atoms with E-state index in [2.05, 4.69) is 10.4 Å². The standard InChI is InChI=1S/C22H23N3O3/c1-27-20-8-7-17-11-18(15-28-21(17)12-20)22(26)23-10-9-16-13-24-25(14-16)19-5-3-2-4-6-19/h2-8,12-14,18H,9-11,15H2,1H3,(H,23,26)/t18-/m0/s1. The third kappa shape index (κ3) is 4.01. The molecule has 2 aromatic carbocycles. The number of rotatable bonds is 6. The van der Waals surface area contributed by atoms with E-state index in [1.165, 1.54) is 0 Å². The second kappa shape index (κ2) is 8.17. The first-order valence-corrected chi connectivity index (χ1v) is 9.39. The SMILES string of the molecule is COc1ccc2c(c1)OC[C@@H](C(=O)NCCc1cnn(-c3ccccc3)c1)C2. The van der Waals surface area contributed by atoms with Gasteiger partial charge >= 0.3 is 0 Å². The highest BCUT2D eigenvalue weighted by atomic mass is 16.5. The minimum atomic E-state index is -0.173. The molecule has 6 nitrogen and oxygen atoms in total. The van der Waals surface area contributed by atoms with Crippen molar-refractivity contribution in [1.82, 2.24) is 15.1 Å². The number of methoxy groups -OCH3 is 1. The smallest absolute Gasteiger partial charge is 0.226 e. The Morgan fingerprint density at radius 1 is 1.29 bits per heavy atom. The van der Waals surface area contributed by atoms with Crippen LogP contribution in [-0.2, 0) is 17.6 Å². The highest BCUT2D eigenvalue weighted by Gasteiger charge is 2.26. The van der Waals surface area contributed by atoms with Crippen molar-refractivity contribution in [1.29, 1.82) is 0 Å². The molecule has 3 aromatic rings. The summed E-state index contributed by atoms with van der Waals surface area (Å²) in [6.07, 6.45) is 5.25. The molecule has 0 spiro atoms. The van der Waals surface area contributed by atoms with E-state index >= 15 is 0 Å². The molecular formula is C22H23N3O3. The summed E-state index contributed by atoms with van der Waals surface area (Å²) in [7, 11) is 1.63. The average molecular weight is 377 g/mol. The molecular weight excluding hydrogens is 354 g/mol. The quantitative estimate of drug-likeness (QED) is 0.717. The molecule has 0 saturated carbocycles. The number of carbonyl (C=O) groups is 1. The molecule has 1 aliphatic heterocycles. The first kappa shape index (κ1) is 18.1. The second-order valence-corrected chi connectivity index (χ2v) is 6.86. The van der Waals surface area contributed by atoms with Crippen molar-refractivity contribution < 1.29 is 14.3 Å². The molecule has 0 radical (unpaired) electrons. The number of hydrogen-bond donors (Lipinski definition) is 1. The lowest BCUT2D eigenvalue weighted by atomic mass is 9.96. The molecule has 0 aliphatic carbocycles. The van der Waals surface area contributed by atoms with Gasteiger partial charge in [-0.3, -0.25) is 4.79 Å². The number of fused-ring (bicyclic) bond motifs is 1. The molecule has 1 aliphatic rings. The molecule has 2 heterocycles. The Morgan fingerprint density at radius 3 is 2.96 bits per heavy atom. The van der Waals surface area contributed by atoms with Gasteiger partial charge in [-0.05, 0) is 42.2 Å². The molecule has 1 amide bonds. The van der Waals surface area contributed by atoms with Crippen molar-refractivity contribution in [3.63, 3.8) is 0 Å². The van der Waals surface area contributed by atoms with E-state index in [0.717, 1.165) is 34.7 Å². The van der Waals surface area contributed by atoms with Crippen molar-refractivity contribution in [3.05, 3.63) is 72.1 Å². The Kier molecular flexibility index (Phi) is 5.28. The number of ether oxygens (including phenoxy) is 2. The van der Waals surface area contributed by atoms with Gasteiger partial charge in [0.2, 0.25) is 5.91 Å². The van der Waals surface area contributed by atoms with Crippen LogP contribution in [0.1, 0.15) is 11.1 Å². The topological polar surface area (TPSA) is 65.4 Å². The zero-order chi connectivity index (χ0) is 19.3. The van der Waals surface area contributed by atoms with Crippen LogP contribution < -0.4 is 14.8 Å². The highest BCUT2D eigenvalue weighted by Crippen LogP contribution is 2.31. The van der Waals surface area contributed by atoms with Crippen LogP contribution in [0.5, 0.6) is 11.5 Å². The third-order valence-electron chi connectivity index (χ3n) is 4.92. The zero-order valence-corrected chi connectivity index (χ0v) is 15.8. The van der Waals surface area contributed by atoms with Crippen molar-refractivity contribution in [2.24, 2.45) is 5.92 Å². The highest BCUT2D eigenvalue weighted by molar-refractivity contribution is 5.79. The predicted molar refractivity (Wildman–Crippen MR) is 106 cm³/mol. The molecule has 144 valence electrons. The predicted octanol–water partition coefficient (Wildman–Crippen LogP) is 2.79. The number of nitrogens with one attached hydrogen (secondary N) is 1. The third-order valence-corrected chi connectivity index (χ3v) is 4.92. The Balaban J connectivity index is 1.29. The van der Waals surface area contributed by atoms with Crippen LogP contribution in [-0.4, -0.2) is 35.9 Å². The van der Waals surface area contributed by atoms with Gasteiger partial charge in [0, 0.05) is 18.8 Å². The maximum absolute atomic E-state index is 12.5. The van der Waals surface area contributed by atoms with Crippen molar-refractivity contribution in [2.45, 2.75) is 12.8 Å². The number of nitrogens with zero attached hydrogens (tertiary/aromatic N) is 2. The molecule has 28 heavy (non-hydrogen) atoms. The molecule has 0 saturated heterocycles. The number of benzene rings is 2.